The first-order valence-electron chi connectivity index (χ1n) is 9.21. The highest BCUT2D eigenvalue weighted by molar-refractivity contribution is 5.93. The molecule has 0 fully saturated rings. The smallest absolute Gasteiger partial charge is 0.322 e. The number of benzene rings is 1. The van der Waals surface area contributed by atoms with Crippen molar-refractivity contribution in [3.05, 3.63) is 35.9 Å². The summed E-state index contributed by atoms with van der Waals surface area (Å²) < 4.78 is 0. The van der Waals surface area contributed by atoms with Crippen LogP contribution in [0.2, 0.25) is 0 Å². The van der Waals surface area contributed by atoms with Crippen LogP contribution in [-0.2, 0) is 30.4 Å². The molecule has 1 aromatic carbocycles. The van der Waals surface area contributed by atoms with Gasteiger partial charge in [-0.2, -0.15) is 0 Å². The van der Waals surface area contributed by atoms with Gasteiger partial charge in [0.2, 0.25) is 17.7 Å². The molecule has 3 atom stereocenters. The lowest BCUT2D eigenvalue weighted by Gasteiger charge is -2.23. The number of amides is 3. The quantitative estimate of drug-likeness (QED) is 0.237. The molecule has 0 aliphatic heterocycles. The zero-order chi connectivity index (χ0) is 22.7. The van der Waals surface area contributed by atoms with Gasteiger partial charge in [-0.3, -0.25) is 24.0 Å². The van der Waals surface area contributed by atoms with E-state index in [-0.39, 0.29) is 12.8 Å². The Labute approximate surface area is 173 Å². The van der Waals surface area contributed by atoms with E-state index in [1.54, 1.807) is 30.3 Å². The van der Waals surface area contributed by atoms with Crippen molar-refractivity contribution in [3.63, 3.8) is 0 Å². The Balaban J connectivity index is 2.97. The Bertz CT molecular complexity index is 767. The lowest BCUT2D eigenvalue weighted by atomic mass is 10.0. The summed E-state index contributed by atoms with van der Waals surface area (Å²) in [6, 6.07) is 5.40. The second kappa shape index (κ2) is 12.2. The summed E-state index contributed by atoms with van der Waals surface area (Å²) in [5.74, 6) is -4.59. The minimum atomic E-state index is -1.25. The molecule has 3 amide bonds. The average molecular weight is 422 g/mol. The Morgan fingerprint density at radius 3 is 2.03 bits per heavy atom. The van der Waals surface area contributed by atoms with Crippen LogP contribution < -0.4 is 21.7 Å². The molecule has 1 aromatic rings. The van der Waals surface area contributed by atoms with Crippen molar-refractivity contribution in [1.82, 2.24) is 16.0 Å². The molecule has 0 aromatic heterocycles. The van der Waals surface area contributed by atoms with Crippen LogP contribution in [0, 0.1) is 0 Å². The summed E-state index contributed by atoms with van der Waals surface area (Å²) in [5, 5.41) is 24.7. The fourth-order valence-corrected chi connectivity index (χ4v) is 2.46. The molecule has 0 aliphatic carbocycles. The Morgan fingerprint density at radius 1 is 0.900 bits per heavy atom. The summed E-state index contributed by atoms with van der Waals surface area (Å²) in [7, 11) is 0. The summed E-state index contributed by atoms with van der Waals surface area (Å²) in [5.41, 5.74) is 6.18. The third-order valence-electron chi connectivity index (χ3n) is 4.02. The Morgan fingerprint density at radius 2 is 1.50 bits per heavy atom. The first-order chi connectivity index (χ1) is 14.1. The van der Waals surface area contributed by atoms with Crippen LogP contribution in [0.4, 0.5) is 0 Å². The van der Waals surface area contributed by atoms with Crippen molar-refractivity contribution in [2.45, 2.75) is 44.3 Å². The van der Waals surface area contributed by atoms with Crippen molar-refractivity contribution >= 4 is 29.7 Å². The molecule has 11 nitrogen and oxygen atoms in total. The average Bonchev–Trinajstić information content (AvgIpc) is 2.68. The van der Waals surface area contributed by atoms with E-state index in [1.165, 1.54) is 6.92 Å². The molecule has 11 heteroatoms. The molecule has 3 unspecified atom stereocenters. The maximum Gasteiger partial charge on any atom is 0.322 e. The minimum Gasteiger partial charge on any atom is -0.481 e. The number of aliphatic carboxylic acids is 2. The molecule has 7 N–H and O–H groups in total. The van der Waals surface area contributed by atoms with Gasteiger partial charge in [0.15, 0.2) is 0 Å². The number of carbonyl (C=O) groups is 5. The standard InChI is InChI=1S/C19H26N4O7/c1-11(20)17(28)22-13(7-8-15(24)25)19(30)23-14(18(29)21-10-16(26)27)9-12-5-3-2-4-6-12/h2-6,11,13-14H,7-10,20H2,1H3,(H,21,29)(H,22,28)(H,23,30)(H,24,25)(H,26,27). The van der Waals surface area contributed by atoms with Gasteiger partial charge < -0.3 is 31.9 Å². The monoisotopic (exact) mass is 422 g/mol. The zero-order valence-corrected chi connectivity index (χ0v) is 16.5. The van der Waals surface area contributed by atoms with Crippen LogP contribution in [0.25, 0.3) is 0 Å². The van der Waals surface area contributed by atoms with Crippen molar-refractivity contribution in [3.8, 4) is 0 Å². The summed E-state index contributed by atoms with van der Waals surface area (Å²) in [4.78, 5) is 58.6. The molecule has 1 rings (SSSR count). The topological polar surface area (TPSA) is 188 Å². The van der Waals surface area contributed by atoms with Crippen molar-refractivity contribution in [1.29, 1.82) is 0 Å². The normalized spacial score (nSPS) is 13.4. The van der Waals surface area contributed by atoms with Gasteiger partial charge in [-0.05, 0) is 18.9 Å². The van der Waals surface area contributed by atoms with Gasteiger partial charge in [0.05, 0.1) is 6.04 Å². The predicted molar refractivity (Wildman–Crippen MR) is 105 cm³/mol. The summed E-state index contributed by atoms with van der Waals surface area (Å²) >= 11 is 0. The number of carboxylic acid groups (broad SMARTS) is 2. The number of carboxylic acids is 2. The second-order valence-corrected chi connectivity index (χ2v) is 6.64. The number of hydrogen-bond acceptors (Lipinski definition) is 6. The molecule has 0 heterocycles. The highest BCUT2D eigenvalue weighted by Crippen LogP contribution is 2.06. The fourth-order valence-electron chi connectivity index (χ4n) is 2.46. The van der Waals surface area contributed by atoms with Crippen LogP contribution >= 0.6 is 0 Å². The van der Waals surface area contributed by atoms with Gasteiger partial charge in [-0.25, -0.2) is 0 Å². The SMILES string of the molecule is CC(N)C(=O)NC(CCC(=O)O)C(=O)NC(Cc1ccccc1)C(=O)NCC(=O)O. The lowest BCUT2D eigenvalue weighted by molar-refractivity contribution is -0.138. The zero-order valence-electron chi connectivity index (χ0n) is 16.5. The second-order valence-electron chi connectivity index (χ2n) is 6.64. The third kappa shape index (κ3) is 9.15. The van der Waals surface area contributed by atoms with Crippen molar-refractivity contribution < 1.29 is 34.2 Å². The highest BCUT2D eigenvalue weighted by atomic mass is 16.4. The Hall–Kier alpha value is -3.47. The van der Waals surface area contributed by atoms with Gasteiger partial charge in [0, 0.05) is 12.8 Å². The highest BCUT2D eigenvalue weighted by Gasteiger charge is 2.28. The van der Waals surface area contributed by atoms with Crippen LogP contribution in [0.5, 0.6) is 0 Å². The third-order valence-corrected chi connectivity index (χ3v) is 4.02. The molecular weight excluding hydrogens is 396 g/mol. The van der Waals surface area contributed by atoms with E-state index in [9.17, 15) is 24.0 Å². The van der Waals surface area contributed by atoms with Crippen LogP contribution in [-0.4, -0.2) is 64.5 Å². The molecule has 0 bridgehead atoms. The van der Waals surface area contributed by atoms with Crippen LogP contribution in [0.3, 0.4) is 0 Å². The van der Waals surface area contributed by atoms with Crippen LogP contribution in [0.15, 0.2) is 30.3 Å². The van der Waals surface area contributed by atoms with Crippen molar-refractivity contribution in [2.24, 2.45) is 5.73 Å². The largest absolute Gasteiger partial charge is 0.481 e. The maximum absolute atomic E-state index is 12.7. The van der Waals surface area contributed by atoms with Crippen LogP contribution in [0.1, 0.15) is 25.3 Å². The first kappa shape index (κ1) is 24.6. The van der Waals surface area contributed by atoms with Gasteiger partial charge in [0.25, 0.3) is 0 Å². The van der Waals surface area contributed by atoms with Gasteiger partial charge in [0.1, 0.15) is 18.6 Å². The maximum atomic E-state index is 12.7. The van der Waals surface area contributed by atoms with E-state index in [4.69, 9.17) is 15.9 Å². The number of hydrogen-bond donors (Lipinski definition) is 6. The van der Waals surface area contributed by atoms with Gasteiger partial charge >= 0.3 is 11.9 Å². The molecule has 0 radical (unpaired) electrons. The molecule has 0 aliphatic rings. The van der Waals surface area contributed by atoms with Gasteiger partial charge in [-0.15, -0.1) is 0 Å². The van der Waals surface area contributed by atoms with E-state index in [0.29, 0.717) is 5.56 Å². The summed E-state index contributed by atoms with van der Waals surface area (Å²) in [6.45, 7) is 0.767. The minimum absolute atomic E-state index is 0.0604. The molecule has 164 valence electrons. The van der Waals surface area contributed by atoms with E-state index < -0.39 is 60.8 Å². The van der Waals surface area contributed by atoms with E-state index in [2.05, 4.69) is 16.0 Å². The van der Waals surface area contributed by atoms with Gasteiger partial charge in [-0.1, -0.05) is 30.3 Å². The number of rotatable bonds is 12. The number of nitrogens with one attached hydrogen (secondary N) is 3. The van der Waals surface area contributed by atoms with E-state index in [0.717, 1.165) is 0 Å². The predicted octanol–water partition coefficient (Wildman–Crippen LogP) is -1.39. The lowest BCUT2D eigenvalue weighted by Crippen LogP contribution is -2.56. The molecule has 30 heavy (non-hydrogen) atoms. The molecule has 0 spiro atoms. The number of nitrogens with two attached hydrogens (primary N) is 1. The van der Waals surface area contributed by atoms with E-state index >= 15 is 0 Å². The fraction of sp³-hybridized carbons (Fsp3) is 0.421. The molecule has 0 saturated carbocycles. The van der Waals surface area contributed by atoms with E-state index in [1.807, 2.05) is 0 Å². The number of carbonyl (C=O) groups excluding carboxylic acids is 3. The van der Waals surface area contributed by atoms with Crippen molar-refractivity contribution in [2.75, 3.05) is 6.54 Å². The molecule has 0 saturated heterocycles. The summed E-state index contributed by atoms with van der Waals surface area (Å²) in [6.07, 6.45) is -0.550. The molecular formula is C19H26N4O7. The Kier molecular flexibility index (Phi) is 9.97. The first-order valence-corrected chi connectivity index (χ1v) is 9.21.